The molecule has 0 aromatic heterocycles. The Balaban J connectivity index is 2.21. The lowest BCUT2D eigenvalue weighted by Gasteiger charge is -2.27. The molecule has 0 saturated carbocycles. The molecule has 17 heavy (non-hydrogen) atoms. The Morgan fingerprint density at radius 3 is 2.53 bits per heavy atom. The Bertz CT molecular complexity index is 591. The van der Waals surface area contributed by atoms with E-state index in [1.165, 1.54) is 0 Å². The smallest absolute Gasteiger partial charge is 0.190 e. The van der Waals surface area contributed by atoms with E-state index in [1.54, 1.807) is 24.3 Å². The number of Topliss-reactive ketones (excluding diaryl/α,β-unsaturated/α-hetero) is 2. The van der Waals surface area contributed by atoms with Crippen molar-refractivity contribution in [3.05, 3.63) is 58.7 Å². The zero-order valence-corrected chi connectivity index (χ0v) is 9.57. The summed E-state index contributed by atoms with van der Waals surface area (Å²) < 4.78 is 0. The molecule has 0 N–H and O–H groups in total. The molecule has 2 heteroatoms. The van der Waals surface area contributed by atoms with Crippen LogP contribution < -0.4 is 0 Å². The van der Waals surface area contributed by atoms with Gasteiger partial charge in [0.1, 0.15) is 0 Å². The highest BCUT2D eigenvalue weighted by Crippen LogP contribution is 2.35. The topological polar surface area (TPSA) is 34.1 Å². The van der Waals surface area contributed by atoms with Crippen molar-refractivity contribution in [2.45, 2.75) is 13.3 Å². The first kappa shape index (κ1) is 10.2. The highest BCUT2D eigenvalue weighted by atomic mass is 16.1. The van der Waals surface area contributed by atoms with Crippen LogP contribution >= 0.6 is 0 Å². The second-order valence-corrected chi connectivity index (χ2v) is 4.63. The second kappa shape index (κ2) is 3.52. The van der Waals surface area contributed by atoms with E-state index in [0.717, 1.165) is 5.57 Å². The predicted molar refractivity (Wildman–Crippen MR) is 65.1 cm³/mol. The van der Waals surface area contributed by atoms with E-state index in [0.29, 0.717) is 23.1 Å². The standard InChI is InChI=1S/C15H12O2/c1-9-6-7-12-13(8-9)15(17)11-5-3-2-4-10(11)14(12)16/h2-7,13H,8H2,1H3. The number of rotatable bonds is 0. The predicted octanol–water partition coefficient (Wildman–Crippen LogP) is 2.96. The summed E-state index contributed by atoms with van der Waals surface area (Å²) in [7, 11) is 0. The molecular formula is C15H12O2. The molecule has 0 spiro atoms. The monoisotopic (exact) mass is 224 g/mol. The highest BCUT2D eigenvalue weighted by Gasteiger charge is 2.37. The minimum absolute atomic E-state index is 0.00829. The van der Waals surface area contributed by atoms with E-state index >= 15 is 0 Å². The number of hydrogen-bond donors (Lipinski definition) is 0. The van der Waals surface area contributed by atoms with E-state index in [4.69, 9.17) is 0 Å². The molecule has 84 valence electrons. The first-order chi connectivity index (χ1) is 8.18. The number of fused-ring (bicyclic) bond motifs is 2. The van der Waals surface area contributed by atoms with Crippen molar-refractivity contribution in [1.29, 1.82) is 0 Å². The first-order valence-corrected chi connectivity index (χ1v) is 5.74. The van der Waals surface area contributed by atoms with Crippen LogP contribution in [0.15, 0.2) is 47.6 Å². The van der Waals surface area contributed by atoms with Gasteiger partial charge in [-0.25, -0.2) is 0 Å². The van der Waals surface area contributed by atoms with Crippen LogP contribution in [0.4, 0.5) is 0 Å². The quantitative estimate of drug-likeness (QED) is 0.679. The van der Waals surface area contributed by atoms with Gasteiger partial charge in [0, 0.05) is 16.7 Å². The van der Waals surface area contributed by atoms with Gasteiger partial charge in [-0.05, 0) is 13.3 Å². The van der Waals surface area contributed by atoms with Gasteiger partial charge in [0.2, 0.25) is 0 Å². The molecule has 0 amide bonds. The highest BCUT2D eigenvalue weighted by molar-refractivity contribution is 6.23. The van der Waals surface area contributed by atoms with Crippen LogP contribution in [0.1, 0.15) is 34.1 Å². The fourth-order valence-corrected chi connectivity index (χ4v) is 2.56. The van der Waals surface area contributed by atoms with Gasteiger partial charge in [-0.2, -0.15) is 0 Å². The van der Waals surface area contributed by atoms with Crippen molar-refractivity contribution in [2.75, 3.05) is 0 Å². The Morgan fingerprint density at radius 1 is 1.06 bits per heavy atom. The summed E-state index contributed by atoms with van der Waals surface area (Å²) in [6.07, 6.45) is 4.41. The van der Waals surface area contributed by atoms with Crippen LogP contribution in [0.3, 0.4) is 0 Å². The third kappa shape index (κ3) is 1.41. The Hall–Kier alpha value is -1.96. The largest absolute Gasteiger partial charge is 0.293 e. The summed E-state index contributed by atoms with van der Waals surface area (Å²) in [5.41, 5.74) is 2.93. The lowest BCUT2D eigenvalue weighted by atomic mass is 9.73. The van der Waals surface area contributed by atoms with Crippen LogP contribution in [0.5, 0.6) is 0 Å². The summed E-state index contributed by atoms with van der Waals surface area (Å²) in [6, 6.07) is 7.09. The van der Waals surface area contributed by atoms with Crippen LogP contribution in [-0.2, 0) is 0 Å². The van der Waals surface area contributed by atoms with Gasteiger partial charge < -0.3 is 0 Å². The van der Waals surface area contributed by atoms with Gasteiger partial charge >= 0.3 is 0 Å². The Labute approximate surface area is 99.6 Å². The molecule has 0 fully saturated rings. The average molecular weight is 224 g/mol. The molecule has 1 aromatic rings. The van der Waals surface area contributed by atoms with Gasteiger partial charge in [0.15, 0.2) is 11.6 Å². The third-order valence-corrected chi connectivity index (χ3v) is 3.46. The zero-order valence-electron chi connectivity index (χ0n) is 9.57. The van der Waals surface area contributed by atoms with E-state index in [9.17, 15) is 9.59 Å². The molecule has 1 atom stereocenters. The number of benzene rings is 1. The van der Waals surface area contributed by atoms with Crippen LogP contribution in [0.2, 0.25) is 0 Å². The summed E-state index contributed by atoms with van der Waals surface area (Å²) in [5, 5.41) is 0. The van der Waals surface area contributed by atoms with E-state index in [1.807, 2.05) is 19.1 Å². The van der Waals surface area contributed by atoms with Gasteiger partial charge in [-0.15, -0.1) is 0 Å². The zero-order chi connectivity index (χ0) is 12.0. The molecule has 0 bridgehead atoms. The molecule has 0 saturated heterocycles. The molecule has 2 aliphatic carbocycles. The third-order valence-electron chi connectivity index (χ3n) is 3.46. The number of allylic oxidation sites excluding steroid dienone is 4. The van der Waals surface area contributed by atoms with Crippen molar-refractivity contribution in [3.63, 3.8) is 0 Å². The second-order valence-electron chi connectivity index (χ2n) is 4.63. The number of ketones is 2. The molecule has 0 radical (unpaired) electrons. The van der Waals surface area contributed by atoms with Crippen LogP contribution in [0.25, 0.3) is 0 Å². The molecule has 2 aliphatic rings. The molecule has 1 unspecified atom stereocenters. The minimum atomic E-state index is -0.262. The average Bonchev–Trinajstić information content (AvgIpc) is 2.36. The molecular weight excluding hydrogens is 212 g/mol. The number of carbonyl (C=O) groups is 2. The number of carbonyl (C=O) groups excluding carboxylic acids is 2. The SMILES string of the molecule is CC1=CC=C2C(=O)c3ccccc3C(=O)C2C1. The lowest BCUT2D eigenvalue weighted by Crippen LogP contribution is -2.31. The maximum Gasteiger partial charge on any atom is 0.190 e. The van der Waals surface area contributed by atoms with Crippen molar-refractivity contribution in [1.82, 2.24) is 0 Å². The normalized spacial score (nSPS) is 22.5. The lowest BCUT2D eigenvalue weighted by molar-refractivity contribution is 0.0881. The molecule has 1 aromatic carbocycles. The maximum atomic E-state index is 12.3. The Kier molecular flexibility index (Phi) is 2.11. The summed E-state index contributed by atoms with van der Waals surface area (Å²) in [5.74, 6) is -0.171. The van der Waals surface area contributed by atoms with Crippen molar-refractivity contribution in [3.8, 4) is 0 Å². The van der Waals surface area contributed by atoms with E-state index < -0.39 is 0 Å². The van der Waals surface area contributed by atoms with Crippen LogP contribution in [-0.4, -0.2) is 11.6 Å². The van der Waals surface area contributed by atoms with Gasteiger partial charge in [-0.3, -0.25) is 9.59 Å². The maximum absolute atomic E-state index is 12.3. The fourth-order valence-electron chi connectivity index (χ4n) is 2.56. The summed E-state index contributed by atoms with van der Waals surface area (Å²) >= 11 is 0. The number of hydrogen-bond acceptors (Lipinski definition) is 2. The summed E-state index contributed by atoms with van der Waals surface area (Å²) in [6.45, 7) is 1.99. The van der Waals surface area contributed by atoms with E-state index in [-0.39, 0.29) is 17.5 Å². The molecule has 2 nitrogen and oxygen atoms in total. The van der Waals surface area contributed by atoms with Crippen molar-refractivity contribution in [2.24, 2.45) is 5.92 Å². The molecule has 0 heterocycles. The summed E-state index contributed by atoms with van der Waals surface area (Å²) in [4.78, 5) is 24.6. The van der Waals surface area contributed by atoms with Gasteiger partial charge in [-0.1, -0.05) is 42.0 Å². The van der Waals surface area contributed by atoms with Gasteiger partial charge in [0.25, 0.3) is 0 Å². The van der Waals surface area contributed by atoms with Gasteiger partial charge in [0.05, 0.1) is 5.92 Å². The van der Waals surface area contributed by atoms with E-state index in [2.05, 4.69) is 0 Å². The van der Waals surface area contributed by atoms with Crippen LogP contribution in [0, 0.1) is 5.92 Å². The Morgan fingerprint density at radius 2 is 1.76 bits per heavy atom. The van der Waals surface area contributed by atoms with Crippen molar-refractivity contribution < 1.29 is 9.59 Å². The molecule has 3 rings (SSSR count). The first-order valence-electron chi connectivity index (χ1n) is 5.74. The molecule has 0 aliphatic heterocycles. The fraction of sp³-hybridized carbons (Fsp3) is 0.200. The van der Waals surface area contributed by atoms with Crippen molar-refractivity contribution >= 4 is 11.6 Å². The minimum Gasteiger partial charge on any atom is -0.293 e.